The zero-order chi connectivity index (χ0) is 14.5. The quantitative estimate of drug-likeness (QED) is 0.917. The summed E-state index contributed by atoms with van der Waals surface area (Å²) in [6, 6.07) is 3.22. The second kappa shape index (κ2) is 6.50. The molecule has 1 aliphatic rings. The molecule has 1 N–H and O–H groups in total. The lowest BCUT2D eigenvalue weighted by molar-refractivity contribution is 0.0648. The number of carboxylic acids is 1. The van der Waals surface area contributed by atoms with Crippen LogP contribution in [0.1, 0.15) is 59.9 Å². The van der Waals surface area contributed by atoms with Gasteiger partial charge in [0.15, 0.2) is 0 Å². The van der Waals surface area contributed by atoms with Gasteiger partial charge >= 0.3 is 5.97 Å². The molecule has 0 atom stereocenters. The van der Waals surface area contributed by atoms with Gasteiger partial charge in [-0.2, -0.15) is 0 Å². The number of rotatable bonds is 4. The smallest absolute Gasteiger partial charge is 0.354 e. The van der Waals surface area contributed by atoms with Crippen molar-refractivity contribution >= 4 is 11.9 Å². The van der Waals surface area contributed by atoms with Gasteiger partial charge in [0.1, 0.15) is 5.69 Å². The zero-order valence-electron chi connectivity index (χ0n) is 11.7. The Balaban J connectivity index is 2.19. The van der Waals surface area contributed by atoms with Crippen LogP contribution >= 0.6 is 0 Å². The number of hydrogen-bond acceptors (Lipinski definition) is 3. The molecule has 0 saturated heterocycles. The molecule has 0 radical (unpaired) electrons. The van der Waals surface area contributed by atoms with Crippen LogP contribution in [0.5, 0.6) is 0 Å². The number of aromatic nitrogens is 1. The SMILES string of the molecule is CCN(C(=O)c1ccnc(C(=O)O)c1)C1CCCCC1. The standard InChI is InChI=1S/C15H20N2O3/c1-2-17(12-6-4-3-5-7-12)14(18)11-8-9-16-13(10-11)15(19)20/h8-10,12H,2-7H2,1H3,(H,19,20). The minimum absolute atomic E-state index is 0.0875. The predicted octanol–water partition coefficient (Wildman–Crippen LogP) is 2.57. The lowest BCUT2D eigenvalue weighted by Crippen LogP contribution is -2.41. The molecule has 0 aromatic carbocycles. The Labute approximate surface area is 118 Å². The van der Waals surface area contributed by atoms with E-state index in [1.165, 1.54) is 18.7 Å². The van der Waals surface area contributed by atoms with Crippen LogP contribution in [0.3, 0.4) is 0 Å². The van der Waals surface area contributed by atoms with Crippen molar-refractivity contribution in [2.24, 2.45) is 0 Å². The topological polar surface area (TPSA) is 70.5 Å². The monoisotopic (exact) mass is 276 g/mol. The first-order chi connectivity index (χ1) is 9.63. The highest BCUT2D eigenvalue weighted by Crippen LogP contribution is 2.23. The minimum Gasteiger partial charge on any atom is -0.477 e. The van der Waals surface area contributed by atoms with Crippen molar-refractivity contribution < 1.29 is 14.7 Å². The number of carbonyl (C=O) groups is 2. The summed E-state index contributed by atoms with van der Waals surface area (Å²) in [6.45, 7) is 2.61. The van der Waals surface area contributed by atoms with Crippen molar-refractivity contribution in [1.82, 2.24) is 9.88 Å². The van der Waals surface area contributed by atoms with Crippen molar-refractivity contribution in [2.75, 3.05) is 6.54 Å². The second-order valence-corrected chi connectivity index (χ2v) is 5.12. The summed E-state index contributed by atoms with van der Waals surface area (Å²) in [7, 11) is 0. The maximum absolute atomic E-state index is 12.6. The summed E-state index contributed by atoms with van der Waals surface area (Å²) in [6.07, 6.45) is 7.01. The molecule has 1 aromatic heterocycles. The third-order valence-electron chi connectivity index (χ3n) is 3.84. The fourth-order valence-electron chi connectivity index (χ4n) is 2.81. The number of pyridine rings is 1. The predicted molar refractivity (Wildman–Crippen MR) is 74.8 cm³/mol. The van der Waals surface area contributed by atoms with E-state index in [0.717, 1.165) is 25.7 Å². The van der Waals surface area contributed by atoms with Gasteiger partial charge in [-0.3, -0.25) is 4.79 Å². The highest BCUT2D eigenvalue weighted by Gasteiger charge is 2.25. The van der Waals surface area contributed by atoms with Gasteiger partial charge in [0.2, 0.25) is 0 Å². The Morgan fingerprint density at radius 1 is 1.35 bits per heavy atom. The average molecular weight is 276 g/mol. The summed E-state index contributed by atoms with van der Waals surface area (Å²) >= 11 is 0. The Morgan fingerprint density at radius 2 is 2.05 bits per heavy atom. The van der Waals surface area contributed by atoms with Crippen molar-refractivity contribution in [3.63, 3.8) is 0 Å². The molecule has 0 unspecified atom stereocenters. The van der Waals surface area contributed by atoms with Gasteiger partial charge in [-0.25, -0.2) is 9.78 Å². The van der Waals surface area contributed by atoms with Gasteiger partial charge in [0, 0.05) is 24.3 Å². The fourth-order valence-corrected chi connectivity index (χ4v) is 2.81. The van der Waals surface area contributed by atoms with E-state index in [1.807, 2.05) is 11.8 Å². The van der Waals surface area contributed by atoms with E-state index in [9.17, 15) is 9.59 Å². The number of carboxylic acid groups (broad SMARTS) is 1. The van der Waals surface area contributed by atoms with Crippen molar-refractivity contribution in [2.45, 2.75) is 45.1 Å². The van der Waals surface area contributed by atoms with Crippen molar-refractivity contribution in [3.05, 3.63) is 29.6 Å². The molecule has 2 rings (SSSR count). The molecular formula is C15H20N2O3. The first kappa shape index (κ1) is 14.5. The molecule has 1 fully saturated rings. The second-order valence-electron chi connectivity index (χ2n) is 5.12. The van der Waals surface area contributed by atoms with Gasteiger partial charge in [0.05, 0.1) is 0 Å². The maximum atomic E-state index is 12.6. The van der Waals surface area contributed by atoms with Crippen molar-refractivity contribution in [1.29, 1.82) is 0 Å². The van der Waals surface area contributed by atoms with Gasteiger partial charge in [0.25, 0.3) is 5.91 Å². The summed E-state index contributed by atoms with van der Waals surface area (Å²) in [5.74, 6) is -1.20. The Kier molecular flexibility index (Phi) is 4.71. The van der Waals surface area contributed by atoms with Crippen molar-refractivity contribution in [3.8, 4) is 0 Å². The van der Waals surface area contributed by atoms with Crippen LogP contribution in [0.2, 0.25) is 0 Å². The molecule has 1 amide bonds. The van der Waals surface area contributed by atoms with E-state index >= 15 is 0 Å². The number of aromatic carboxylic acids is 1. The largest absolute Gasteiger partial charge is 0.477 e. The average Bonchev–Trinajstić information content (AvgIpc) is 2.49. The molecule has 0 spiro atoms. The third kappa shape index (κ3) is 3.15. The first-order valence-corrected chi connectivity index (χ1v) is 7.13. The number of nitrogens with zero attached hydrogens (tertiary/aromatic N) is 2. The number of amides is 1. The fraction of sp³-hybridized carbons (Fsp3) is 0.533. The Bertz CT molecular complexity index is 496. The summed E-state index contributed by atoms with van der Waals surface area (Å²) in [5.41, 5.74) is 0.320. The van der Waals surface area contributed by atoms with E-state index in [-0.39, 0.29) is 17.6 Å². The zero-order valence-corrected chi connectivity index (χ0v) is 11.7. The number of hydrogen-bond donors (Lipinski definition) is 1. The van der Waals surface area contributed by atoms with Gasteiger partial charge in [-0.05, 0) is 31.9 Å². The normalized spacial score (nSPS) is 15.8. The van der Waals surface area contributed by atoms with Gasteiger partial charge in [-0.15, -0.1) is 0 Å². The molecule has 1 aliphatic carbocycles. The summed E-state index contributed by atoms with van der Waals surface area (Å²) in [5, 5.41) is 8.95. The van der Waals surface area contributed by atoms with Gasteiger partial charge < -0.3 is 10.0 Å². The molecule has 1 saturated carbocycles. The highest BCUT2D eigenvalue weighted by atomic mass is 16.4. The van der Waals surface area contributed by atoms with E-state index in [4.69, 9.17) is 5.11 Å². The van der Waals surface area contributed by atoms with Crippen LogP contribution < -0.4 is 0 Å². The molecule has 0 bridgehead atoms. The maximum Gasteiger partial charge on any atom is 0.354 e. The Morgan fingerprint density at radius 3 is 2.65 bits per heavy atom. The summed E-state index contributed by atoms with van der Waals surface area (Å²) in [4.78, 5) is 29.1. The van der Waals surface area contributed by atoms with Crippen LogP contribution in [0, 0.1) is 0 Å². The Hall–Kier alpha value is -1.91. The van der Waals surface area contributed by atoms with Crippen LogP contribution in [0.4, 0.5) is 0 Å². The molecule has 108 valence electrons. The van der Waals surface area contributed by atoms with E-state index in [0.29, 0.717) is 12.1 Å². The van der Waals surface area contributed by atoms with Gasteiger partial charge in [-0.1, -0.05) is 19.3 Å². The first-order valence-electron chi connectivity index (χ1n) is 7.13. The molecule has 0 aliphatic heterocycles. The van der Waals surface area contributed by atoms with Crippen LogP contribution in [-0.4, -0.2) is 39.5 Å². The minimum atomic E-state index is -1.11. The molecular weight excluding hydrogens is 256 g/mol. The molecule has 1 heterocycles. The highest BCUT2D eigenvalue weighted by molar-refractivity contribution is 5.96. The molecule has 1 aromatic rings. The summed E-state index contributed by atoms with van der Waals surface area (Å²) < 4.78 is 0. The lowest BCUT2D eigenvalue weighted by Gasteiger charge is -2.33. The van der Waals surface area contributed by atoms with E-state index in [1.54, 1.807) is 6.07 Å². The lowest BCUT2D eigenvalue weighted by atomic mass is 9.93. The van der Waals surface area contributed by atoms with E-state index < -0.39 is 5.97 Å². The van der Waals surface area contributed by atoms with E-state index in [2.05, 4.69) is 4.98 Å². The number of carbonyl (C=O) groups excluding carboxylic acids is 1. The molecule has 5 nitrogen and oxygen atoms in total. The van der Waals surface area contributed by atoms with Crippen LogP contribution in [0.15, 0.2) is 18.3 Å². The van der Waals surface area contributed by atoms with Crippen LogP contribution in [-0.2, 0) is 0 Å². The third-order valence-corrected chi connectivity index (χ3v) is 3.84. The molecule has 5 heteroatoms. The van der Waals surface area contributed by atoms with Crippen LogP contribution in [0.25, 0.3) is 0 Å². The molecule has 20 heavy (non-hydrogen) atoms.